The van der Waals surface area contributed by atoms with Crippen molar-refractivity contribution < 1.29 is 9.59 Å². The van der Waals surface area contributed by atoms with E-state index in [0.29, 0.717) is 22.8 Å². The standard InChI is InChI=1S/C16H15Cl2N3O2/c1-19-15(22)13-7-6-12(8-14(13)18)21-16(23)20-9-10-2-4-11(17)5-3-10/h2-8H,9H2,1H3,(H,19,22)(H2,20,21,23). The van der Waals surface area contributed by atoms with Gasteiger partial charge in [0.25, 0.3) is 5.91 Å². The van der Waals surface area contributed by atoms with Crippen molar-refractivity contribution in [3.8, 4) is 0 Å². The van der Waals surface area contributed by atoms with Crippen molar-refractivity contribution in [3.05, 3.63) is 63.6 Å². The minimum absolute atomic E-state index is 0.264. The molecule has 2 aromatic carbocycles. The molecule has 0 atom stereocenters. The molecule has 5 nitrogen and oxygen atoms in total. The average molecular weight is 352 g/mol. The van der Waals surface area contributed by atoms with Gasteiger partial charge < -0.3 is 16.0 Å². The molecule has 0 unspecified atom stereocenters. The third-order valence-corrected chi connectivity index (χ3v) is 3.63. The van der Waals surface area contributed by atoms with E-state index in [-0.39, 0.29) is 17.0 Å². The topological polar surface area (TPSA) is 70.2 Å². The van der Waals surface area contributed by atoms with Gasteiger partial charge in [-0.1, -0.05) is 35.3 Å². The van der Waals surface area contributed by atoms with Crippen molar-refractivity contribution in [1.29, 1.82) is 0 Å². The van der Waals surface area contributed by atoms with E-state index in [1.165, 1.54) is 13.1 Å². The summed E-state index contributed by atoms with van der Waals surface area (Å²) in [6, 6.07) is 11.5. The maximum atomic E-state index is 11.9. The molecule has 0 heterocycles. The zero-order valence-corrected chi connectivity index (χ0v) is 13.8. The highest BCUT2D eigenvalue weighted by atomic mass is 35.5. The second-order valence-electron chi connectivity index (χ2n) is 4.71. The fraction of sp³-hybridized carbons (Fsp3) is 0.125. The largest absolute Gasteiger partial charge is 0.355 e. The minimum Gasteiger partial charge on any atom is -0.355 e. The van der Waals surface area contributed by atoms with Crippen molar-refractivity contribution in [3.63, 3.8) is 0 Å². The molecule has 0 aromatic heterocycles. The number of rotatable bonds is 4. The average Bonchev–Trinajstić information content (AvgIpc) is 2.54. The third kappa shape index (κ3) is 4.87. The van der Waals surface area contributed by atoms with Gasteiger partial charge >= 0.3 is 6.03 Å². The summed E-state index contributed by atoms with van der Waals surface area (Å²) in [5.41, 5.74) is 1.77. The second-order valence-corrected chi connectivity index (χ2v) is 5.55. The van der Waals surface area contributed by atoms with Crippen LogP contribution in [0, 0.1) is 0 Å². The van der Waals surface area contributed by atoms with Crippen LogP contribution in [-0.4, -0.2) is 19.0 Å². The highest BCUT2D eigenvalue weighted by molar-refractivity contribution is 6.34. The van der Waals surface area contributed by atoms with Crippen molar-refractivity contribution in [2.24, 2.45) is 0 Å². The molecular weight excluding hydrogens is 337 g/mol. The molecular formula is C16H15Cl2N3O2. The van der Waals surface area contributed by atoms with Crippen LogP contribution in [-0.2, 0) is 6.54 Å². The van der Waals surface area contributed by atoms with Crippen molar-refractivity contribution >= 4 is 40.8 Å². The summed E-state index contributed by atoms with van der Waals surface area (Å²) in [7, 11) is 1.52. The zero-order valence-electron chi connectivity index (χ0n) is 12.3. The quantitative estimate of drug-likeness (QED) is 0.786. The number of urea groups is 1. The molecule has 0 saturated carbocycles. The van der Waals surface area contributed by atoms with Crippen molar-refractivity contribution in [2.75, 3.05) is 12.4 Å². The first-order chi connectivity index (χ1) is 11.0. The van der Waals surface area contributed by atoms with E-state index in [1.807, 2.05) is 12.1 Å². The van der Waals surface area contributed by atoms with Crippen LogP contribution < -0.4 is 16.0 Å². The molecule has 23 heavy (non-hydrogen) atoms. The minimum atomic E-state index is -0.372. The van der Waals surface area contributed by atoms with Gasteiger partial charge in [0, 0.05) is 24.3 Å². The van der Waals surface area contributed by atoms with Crippen LogP contribution in [0.25, 0.3) is 0 Å². The van der Waals surface area contributed by atoms with Gasteiger partial charge in [0.2, 0.25) is 0 Å². The van der Waals surface area contributed by atoms with E-state index in [0.717, 1.165) is 5.56 Å². The number of halogens is 2. The van der Waals surface area contributed by atoms with E-state index >= 15 is 0 Å². The van der Waals surface area contributed by atoms with Crippen molar-refractivity contribution in [1.82, 2.24) is 10.6 Å². The predicted octanol–water partition coefficient (Wildman–Crippen LogP) is 3.67. The monoisotopic (exact) mass is 351 g/mol. The van der Waals surface area contributed by atoms with Gasteiger partial charge in [-0.15, -0.1) is 0 Å². The number of benzene rings is 2. The summed E-state index contributed by atoms with van der Waals surface area (Å²) in [6.45, 7) is 0.368. The van der Waals surface area contributed by atoms with E-state index in [2.05, 4.69) is 16.0 Å². The van der Waals surface area contributed by atoms with Crippen LogP contribution in [0.2, 0.25) is 10.0 Å². The molecule has 0 radical (unpaired) electrons. The lowest BCUT2D eigenvalue weighted by Crippen LogP contribution is -2.28. The number of amides is 3. The van der Waals surface area contributed by atoms with Crippen LogP contribution in [0.1, 0.15) is 15.9 Å². The van der Waals surface area contributed by atoms with Gasteiger partial charge in [-0.3, -0.25) is 4.79 Å². The Labute approximate surface area is 144 Å². The Morgan fingerprint density at radius 3 is 2.35 bits per heavy atom. The summed E-state index contributed by atoms with van der Waals surface area (Å²) in [4.78, 5) is 23.4. The summed E-state index contributed by atoms with van der Waals surface area (Å²) in [5, 5.41) is 8.77. The zero-order chi connectivity index (χ0) is 16.8. The smallest absolute Gasteiger partial charge is 0.319 e. The normalized spacial score (nSPS) is 10.0. The highest BCUT2D eigenvalue weighted by Crippen LogP contribution is 2.21. The molecule has 2 rings (SSSR count). The molecule has 7 heteroatoms. The fourth-order valence-electron chi connectivity index (χ4n) is 1.87. The molecule has 0 bridgehead atoms. The molecule has 0 aliphatic rings. The SMILES string of the molecule is CNC(=O)c1ccc(NC(=O)NCc2ccc(Cl)cc2)cc1Cl. The number of carbonyl (C=O) groups is 2. The third-order valence-electron chi connectivity index (χ3n) is 3.06. The number of hydrogen-bond donors (Lipinski definition) is 3. The lowest BCUT2D eigenvalue weighted by molar-refractivity contribution is 0.0963. The number of nitrogens with one attached hydrogen (secondary N) is 3. The van der Waals surface area contributed by atoms with Crippen LogP contribution in [0.15, 0.2) is 42.5 Å². The lowest BCUT2D eigenvalue weighted by atomic mass is 10.2. The lowest BCUT2D eigenvalue weighted by Gasteiger charge is -2.09. The van der Waals surface area contributed by atoms with Crippen LogP contribution in [0.4, 0.5) is 10.5 Å². The number of hydrogen-bond acceptors (Lipinski definition) is 2. The Balaban J connectivity index is 1.93. The Hall–Kier alpha value is -2.24. The van der Waals surface area contributed by atoms with Crippen LogP contribution in [0.5, 0.6) is 0 Å². The first kappa shape index (κ1) is 17.1. The first-order valence-corrected chi connectivity index (χ1v) is 7.56. The van der Waals surface area contributed by atoms with Gasteiger partial charge in [-0.05, 0) is 35.9 Å². The molecule has 3 amide bonds. The Morgan fingerprint density at radius 1 is 1.04 bits per heavy atom. The van der Waals surface area contributed by atoms with Gasteiger partial charge in [0.05, 0.1) is 10.6 Å². The van der Waals surface area contributed by atoms with Crippen LogP contribution >= 0.6 is 23.2 Å². The summed E-state index contributed by atoms with van der Waals surface area (Å²) >= 11 is 11.8. The van der Waals surface area contributed by atoms with E-state index in [9.17, 15) is 9.59 Å². The summed E-state index contributed by atoms with van der Waals surface area (Å²) in [5.74, 6) is -0.284. The molecule has 0 saturated heterocycles. The number of carbonyl (C=O) groups excluding carboxylic acids is 2. The Bertz CT molecular complexity index is 718. The maximum absolute atomic E-state index is 11.9. The maximum Gasteiger partial charge on any atom is 0.319 e. The molecule has 0 fully saturated rings. The Morgan fingerprint density at radius 2 is 1.74 bits per heavy atom. The first-order valence-electron chi connectivity index (χ1n) is 6.80. The fourth-order valence-corrected chi connectivity index (χ4v) is 2.26. The summed E-state index contributed by atoms with van der Waals surface area (Å²) < 4.78 is 0. The highest BCUT2D eigenvalue weighted by Gasteiger charge is 2.10. The van der Waals surface area contributed by atoms with E-state index in [4.69, 9.17) is 23.2 Å². The van der Waals surface area contributed by atoms with Crippen molar-refractivity contribution in [2.45, 2.75) is 6.54 Å². The summed E-state index contributed by atoms with van der Waals surface area (Å²) in [6.07, 6.45) is 0. The van der Waals surface area contributed by atoms with Gasteiger partial charge in [-0.2, -0.15) is 0 Å². The molecule has 0 aliphatic heterocycles. The molecule has 3 N–H and O–H groups in total. The molecule has 120 valence electrons. The van der Waals surface area contributed by atoms with Gasteiger partial charge in [0.1, 0.15) is 0 Å². The number of anilines is 1. The van der Waals surface area contributed by atoms with E-state index in [1.54, 1.807) is 24.3 Å². The predicted molar refractivity (Wildman–Crippen MR) is 92.2 cm³/mol. The van der Waals surface area contributed by atoms with E-state index < -0.39 is 0 Å². The Kier molecular flexibility index (Phi) is 5.84. The molecule has 2 aromatic rings. The molecule has 0 spiro atoms. The van der Waals surface area contributed by atoms with Crippen LogP contribution in [0.3, 0.4) is 0 Å². The molecule has 0 aliphatic carbocycles. The van der Waals surface area contributed by atoms with Gasteiger partial charge in [-0.25, -0.2) is 4.79 Å². The second kappa shape index (κ2) is 7.85. The van der Waals surface area contributed by atoms with Gasteiger partial charge in [0.15, 0.2) is 0 Å².